The van der Waals surface area contributed by atoms with Crippen LogP contribution in [0.25, 0.3) is 0 Å². The number of hydrogen-bond acceptors (Lipinski definition) is 4. The predicted octanol–water partition coefficient (Wildman–Crippen LogP) is 2.17. The number of carbonyl (C=O) groups excluding carboxylic acids is 1. The molecule has 0 spiro atoms. The highest BCUT2D eigenvalue weighted by Gasteiger charge is 2.30. The number of aromatic nitrogens is 1. The fourth-order valence-corrected chi connectivity index (χ4v) is 2.39. The van der Waals surface area contributed by atoms with Crippen LogP contribution in [-0.4, -0.2) is 30.4 Å². The van der Waals surface area contributed by atoms with E-state index < -0.39 is 0 Å². The Balaban J connectivity index is 1.79. The Kier molecular flexibility index (Phi) is 4.42. The summed E-state index contributed by atoms with van der Waals surface area (Å²) in [6, 6.07) is -0.258. The van der Waals surface area contributed by atoms with Gasteiger partial charge in [0.1, 0.15) is 6.26 Å². The zero-order valence-electron chi connectivity index (χ0n) is 11.6. The van der Waals surface area contributed by atoms with Crippen molar-refractivity contribution in [3.63, 3.8) is 0 Å². The molecule has 0 saturated carbocycles. The van der Waals surface area contributed by atoms with Crippen molar-refractivity contribution < 1.29 is 14.1 Å². The number of aryl methyl sites for hydroxylation is 1. The van der Waals surface area contributed by atoms with Crippen LogP contribution in [0, 0.1) is 18.8 Å². The maximum absolute atomic E-state index is 11.8. The second-order valence-corrected chi connectivity index (χ2v) is 5.31. The fourth-order valence-electron chi connectivity index (χ4n) is 2.39. The van der Waals surface area contributed by atoms with Crippen molar-refractivity contribution in [2.75, 3.05) is 18.5 Å². The largest absolute Gasteiger partial charge is 0.378 e. The highest BCUT2D eigenvalue weighted by Crippen LogP contribution is 2.26. The number of urea groups is 1. The molecule has 1 aliphatic rings. The Bertz CT molecular complexity index is 431. The molecule has 2 rings (SSSR count). The zero-order valence-corrected chi connectivity index (χ0v) is 11.6. The van der Waals surface area contributed by atoms with E-state index in [9.17, 15) is 4.79 Å². The lowest BCUT2D eigenvalue weighted by molar-refractivity contribution is 0.0546. The van der Waals surface area contributed by atoms with Gasteiger partial charge in [-0.25, -0.2) is 4.79 Å². The van der Waals surface area contributed by atoms with Crippen LogP contribution in [0.5, 0.6) is 0 Å². The fraction of sp³-hybridized carbons (Fsp3) is 0.692. The number of rotatable bonds is 4. The lowest BCUT2D eigenvalue weighted by Gasteiger charge is -2.22. The number of nitrogens with one attached hydrogen (secondary N) is 2. The highest BCUT2D eigenvalue weighted by atomic mass is 16.5. The van der Waals surface area contributed by atoms with E-state index in [4.69, 9.17) is 9.26 Å². The first-order valence-electron chi connectivity index (χ1n) is 6.65. The van der Waals surface area contributed by atoms with Crippen molar-refractivity contribution in [1.29, 1.82) is 0 Å². The normalized spacial score (nSPS) is 22.7. The second kappa shape index (κ2) is 6.06. The van der Waals surface area contributed by atoms with Crippen LogP contribution in [0.15, 0.2) is 10.8 Å². The van der Waals surface area contributed by atoms with Gasteiger partial charge in [0, 0.05) is 24.6 Å². The van der Waals surface area contributed by atoms with Gasteiger partial charge < -0.3 is 14.6 Å². The molecule has 2 atom stereocenters. The Morgan fingerprint density at radius 2 is 2.37 bits per heavy atom. The minimum absolute atomic E-state index is 0.231. The monoisotopic (exact) mass is 267 g/mol. The molecule has 0 bridgehead atoms. The lowest BCUT2D eigenvalue weighted by Crippen LogP contribution is -2.37. The molecule has 0 radical (unpaired) electrons. The van der Waals surface area contributed by atoms with Gasteiger partial charge in [-0.1, -0.05) is 19.0 Å². The van der Waals surface area contributed by atoms with Crippen molar-refractivity contribution in [2.24, 2.45) is 11.8 Å². The first kappa shape index (κ1) is 13.9. The first-order chi connectivity index (χ1) is 9.08. The van der Waals surface area contributed by atoms with Crippen molar-refractivity contribution in [1.82, 2.24) is 10.5 Å². The molecular formula is C13H21N3O3. The summed E-state index contributed by atoms with van der Waals surface area (Å²) in [4.78, 5) is 11.8. The van der Waals surface area contributed by atoms with Crippen LogP contribution in [0.2, 0.25) is 0 Å². The van der Waals surface area contributed by atoms with Crippen LogP contribution >= 0.6 is 0 Å². The molecular weight excluding hydrogens is 246 g/mol. The molecule has 19 heavy (non-hydrogen) atoms. The minimum Gasteiger partial charge on any atom is -0.378 e. The van der Waals surface area contributed by atoms with E-state index >= 15 is 0 Å². The molecule has 1 saturated heterocycles. The van der Waals surface area contributed by atoms with Crippen LogP contribution in [0.4, 0.5) is 10.6 Å². The minimum atomic E-state index is -0.258. The summed E-state index contributed by atoms with van der Waals surface area (Å²) in [7, 11) is 0. The molecule has 1 aromatic heterocycles. The van der Waals surface area contributed by atoms with E-state index in [1.807, 2.05) is 6.92 Å². The van der Waals surface area contributed by atoms with E-state index in [1.165, 1.54) is 6.26 Å². The smallest absolute Gasteiger partial charge is 0.320 e. The highest BCUT2D eigenvalue weighted by molar-refractivity contribution is 5.88. The number of amides is 2. The first-order valence-corrected chi connectivity index (χ1v) is 6.65. The molecule has 1 fully saturated rings. The predicted molar refractivity (Wildman–Crippen MR) is 70.9 cm³/mol. The molecule has 0 aliphatic carbocycles. The number of ether oxygens (including phenoxy) is 1. The summed E-state index contributed by atoms with van der Waals surface area (Å²) < 4.78 is 10.4. The zero-order chi connectivity index (χ0) is 13.8. The van der Waals surface area contributed by atoms with Crippen molar-refractivity contribution >= 4 is 11.8 Å². The molecule has 106 valence electrons. The van der Waals surface area contributed by atoms with E-state index in [-0.39, 0.29) is 12.1 Å². The topological polar surface area (TPSA) is 76.4 Å². The van der Waals surface area contributed by atoms with Crippen molar-refractivity contribution in [3.05, 3.63) is 11.8 Å². The van der Waals surface area contributed by atoms with E-state index in [0.29, 0.717) is 24.2 Å². The van der Waals surface area contributed by atoms with Crippen LogP contribution < -0.4 is 10.6 Å². The van der Waals surface area contributed by atoms with E-state index in [1.54, 1.807) is 0 Å². The summed E-state index contributed by atoms with van der Waals surface area (Å²) in [6.07, 6.45) is 2.72. The standard InChI is InChI=1S/C13H21N3O3/c1-8(2)11-10(4-5-18-11)6-14-13(17)15-12-9(3)7-19-16-12/h7-8,10-11H,4-6H2,1-3H3,(H2,14,15,16,17)/t10-,11-/m0/s1. The molecule has 2 N–H and O–H groups in total. The van der Waals surface area contributed by atoms with Gasteiger partial charge in [0.15, 0.2) is 5.82 Å². The van der Waals surface area contributed by atoms with Gasteiger partial charge in [-0.15, -0.1) is 0 Å². The molecule has 2 amide bonds. The van der Waals surface area contributed by atoms with Crippen LogP contribution in [0.3, 0.4) is 0 Å². The van der Waals surface area contributed by atoms with E-state index in [2.05, 4.69) is 29.6 Å². The Morgan fingerprint density at radius 1 is 1.58 bits per heavy atom. The number of anilines is 1. The third kappa shape index (κ3) is 3.47. The summed E-state index contributed by atoms with van der Waals surface area (Å²) in [5.74, 6) is 1.31. The van der Waals surface area contributed by atoms with Gasteiger partial charge in [-0.2, -0.15) is 0 Å². The molecule has 0 unspecified atom stereocenters. The van der Waals surface area contributed by atoms with Gasteiger partial charge >= 0.3 is 6.03 Å². The molecule has 2 heterocycles. The van der Waals surface area contributed by atoms with Crippen LogP contribution in [0.1, 0.15) is 25.8 Å². The molecule has 6 heteroatoms. The molecule has 1 aromatic rings. The summed E-state index contributed by atoms with van der Waals surface area (Å²) >= 11 is 0. The van der Waals surface area contributed by atoms with Crippen molar-refractivity contribution in [3.8, 4) is 0 Å². The van der Waals surface area contributed by atoms with Gasteiger partial charge in [-0.05, 0) is 19.3 Å². The van der Waals surface area contributed by atoms with Gasteiger partial charge in [0.2, 0.25) is 0 Å². The SMILES string of the molecule is Cc1conc1NC(=O)NC[C@@H]1CCO[C@H]1C(C)C. The summed E-state index contributed by atoms with van der Waals surface area (Å²) in [5.41, 5.74) is 0.805. The molecule has 0 aromatic carbocycles. The van der Waals surface area contributed by atoms with Gasteiger partial charge in [-0.3, -0.25) is 5.32 Å². The molecule has 6 nitrogen and oxygen atoms in total. The number of nitrogens with zero attached hydrogens (tertiary/aromatic N) is 1. The van der Waals surface area contributed by atoms with Gasteiger partial charge in [0.25, 0.3) is 0 Å². The van der Waals surface area contributed by atoms with Crippen LogP contribution in [-0.2, 0) is 4.74 Å². The molecule has 1 aliphatic heterocycles. The Morgan fingerprint density at radius 3 is 3.00 bits per heavy atom. The summed E-state index contributed by atoms with van der Waals surface area (Å²) in [6.45, 7) is 7.50. The Labute approximate surface area is 112 Å². The third-order valence-corrected chi connectivity index (χ3v) is 3.42. The lowest BCUT2D eigenvalue weighted by atomic mass is 9.93. The summed E-state index contributed by atoms with van der Waals surface area (Å²) in [5, 5.41) is 9.23. The maximum Gasteiger partial charge on any atom is 0.320 e. The van der Waals surface area contributed by atoms with Gasteiger partial charge in [0.05, 0.1) is 6.10 Å². The van der Waals surface area contributed by atoms with Crippen molar-refractivity contribution in [2.45, 2.75) is 33.3 Å². The average Bonchev–Trinajstić information content (AvgIpc) is 2.96. The number of hydrogen-bond donors (Lipinski definition) is 2. The Hall–Kier alpha value is -1.56. The maximum atomic E-state index is 11.8. The average molecular weight is 267 g/mol. The number of carbonyl (C=O) groups is 1. The second-order valence-electron chi connectivity index (χ2n) is 5.31. The van der Waals surface area contributed by atoms with E-state index in [0.717, 1.165) is 18.6 Å². The quantitative estimate of drug-likeness (QED) is 0.876. The third-order valence-electron chi connectivity index (χ3n) is 3.42.